The normalized spacial score (nSPS) is 18.9. The predicted octanol–water partition coefficient (Wildman–Crippen LogP) is 1.63. The van der Waals surface area contributed by atoms with Gasteiger partial charge in [0.1, 0.15) is 6.04 Å². The lowest BCUT2D eigenvalue weighted by molar-refractivity contribution is -0.122. The van der Waals surface area contributed by atoms with Crippen LogP contribution in [0.2, 0.25) is 0 Å². The van der Waals surface area contributed by atoms with Crippen LogP contribution in [0.15, 0.2) is 36.5 Å². The summed E-state index contributed by atoms with van der Waals surface area (Å²) in [5.41, 5.74) is 1.33. The Morgan fingerprint density at radius 2 is 2.14 bits per heavy atom. The summed E-state index contributed by atoms with van der Waals surface area (Å²) in [6, 6.07) is 8.97. The van der Waals surface area contributed by atoms with E-state index in [1.54, 1.807) is 12.3 Å². The molecular formula is C16H17N3O2. The van der Waals surface area contributed by atoms with Crippen molar-refractivity contribution in [3.05, 3.63) is 42.1 Å². The second-order valence-corrected chi connectivity index (χ2v) is 5.23. The predicted molar refractivity (Wildman–Crippen MR) is 79.9 cm³/mol. The van der Waals surface area contributed by atoms with Crippen molar-refractivity contribution < 1.29 is 9.59 Å². The zero-order valence-corrected chi connectivity index (χ0v) is 11.6. The Bertz CT molecular complexity index is 684. The van der Waals surface area contributed by atoms with E-state index in [1.165, 1.54) is 0 Å². The summed E-state index contributed by atoms with van der Waals surface area (Å²) >= 11 is 0. The van der Waals surface area contributed by atoms with Crippen LogP contribution >= 0.6 is 0 Å². The van der Waals surface area contributed by atoms with Gasteiger partial charge in [-0.25, -0.2) is 0 Å². The standard InChI is InChI=1S/C16H17N3O2/c20-15(19-14-7-3-4-8-17-16(14)21)12-9-11-5-1-2-6-13(11)18-10-12/h1-2,5-6,9-10,14H,3-4,7-8H2,(H,17,21)(H,19,20)/t14-/m1/s1. The van der Waals surface area contributed by atoms with Crippen molar-refractivity contribution in [2.24, 2.45) is 0 Å². The zero-order valence-electron chi connectivity index (χ0n) is 11.6. The van der Waals surface area contributed by atoms with E-state index in [1.807, 2.05) is 24.3 Å². The average Bonchev–Trinajstić information content (AvgIpc) is 2.72. The Morgan fingerprint density at radius 1 is 1.29 bits per heavy atom. The number of nitrogens with zero attached hydrogens (tertiary/aromatic N) is 1. The van der Waals surface area contributed by atoms with Crippen molar-refractivity contribution in [1.29, 1.82) is 0 Å². The van der Waals surface area contributed by atoms with E-state index in [-0.39, 0.29) is 11.8 Å². The summed E-state index contributed by atoms with van der Waals surface area (Å²) in [5, 5.41) is 6.52. The molecule has 2 heterocycles. The van der Waals surface area contributed by atoms with Gasteiger partial charge in [0.15, 0.2) is 0 Å². The second-order valence-electron chi connectivity index (χ2n) is 5.23. The van der Waals surface area contributed by atoms with Crippen molar-refractivity contribution in [2.75, 3.05) is 6.54 Å². The van der Waals surface area contributed by atoms with Gasteiger partial charge in [-0.15, -0.1) is 0 Å². The topological polar surface area (TPSA) is 71.1 Å². The molecule has 1 fully saturated rings. The van der Waals surface area contributed by atoms with Gasteiger partial charge in [0, 0.05) is 18.1 Å². The smallest absolute Gasteiger partial charge is 0.253 e. The molecule has 5 heteroatoms. The third-order valence-electron chi connectivity index (χ3n) is 3.69. The lowest BCUT2D eigenvalue weighted by atomic mass is 10.1. The lowest BCUT2D eigenvalue weighted by Crippen LogP contribution is -2.45. The maximum Gasteiger partial charge on any atom is 0.253 e. The van der Waals surface area contributed by atoms with Gasteiger partial charge in [0.25, 0.3) is 5.91 Å². The van der Waals surface area contributed by atoms with Crippen LogP contribution in [-0.4, -0.2) is 29.4 Å². The maximum absolute atomic E-state index is 12.3. The van der Waals surface area contributed by atoms with Gasteiger partial charge in [-0.3, -0.25) is 14.6 Å². The Kier molecular flexibility index (Phi) is 3.81. The molecular weight excluding hydrogens is 266 g/mol. The van der Waals surface area contributed by atoms with E-state index in [4.69, 9.17) is 0 Å². The fourth-order valence-electron chi connectivity index (χ4n) is 2.51. The number of benzene rings is 1. The van der Waals surface area contributed by atoms with Gasteiger partial charge in [-0.05, 0) is 31.4 Å². The minimum atomic E-state index is -0.452. The largest absolute Gasteiger partial charge is 0.354 e. The quantitative estimate of drug-likeness (QED) is 0.880. The molecule has 0 spiro atoms. The molecule has 1 aromatic heterocycles. The van der Waals surface area contributed by atoms with Crippen molar-refractivity contribution >= 4 is 22.7 Å². The van der Waals surface area contributed by atoms with Crippen LogP contribution in [-0.2, 0) is 4.79 Å². The van der Waals surface area contributed by atoms with Crippen molar-refractivity contribution in [1.82, 2.24) is 15.6 Å². The molecule has 0 aliphatic carbocycles. The van der Waals surface area contributed by atoms with E-state index in [0.717, 1.165) is 23.7 Å². The molecule has 0 unspecified atom stereocenters. The highest BCUT2D eigenvalue weighted by Crippen LogP contribution is 2.13. The van der Waals surface area contributed by atoms with E-state index in [9.17, 15) is 9.59 Å². The molecule has 2 amide bonds. The Labute approximate surface area is 122 Å². The fraction of sp³-hybridized carbons (Fsp3) is 0.312. The third kappa shape index (κ3) is 3.02. The maximum atomic E-state index is 12.3. The van der Waals surface area contributed by atoms with Crippen LogP contribution in [0.5, 0.6) is 0 Å². The summed E-state index contributed by atoms with van der Waals surface area (Å²) in [6.45, 7) is 0.683. The van der Waals surface area contributed by atoms with Crippen LogP contribution in [0.1, 0.15) is 29.6 Å². The van der Waals surface area contributed by atoms with Gasteiger partial charge in [-0.1, -0.05) is 18.2 Å². The van der Waals surface area contributed by atoms with Crippen LogP contribution < -0.4 is 10.6 Å². The summed E-state index contributed by atoms with van der Waals surface area (Å²) in [6.07, 6.45) is 4.11. The number of nitrogens with one attached hydrogen (secondary N) is 2. The summed E-state index contributed by atoms with van der Waals surface area (Å²) < 4.78 is 0. The van der Waals surface area contributed by atoms with Crippen molar-refractivity contribution in [2.45, 2.75) is 25.3 Å². The molecule has 1 aromatic carbocycles. The molecule has 2 N–H and O–H groups in total. The Balaban J connectivity index is 1.78. The molecule has 5 nitrogen and oxygen atoms in total. The van der Waals surface area contributed by atoms with Crippen molar-refractivity contribution in [3.63, 3.8) is 0 Å². The summed E-state index contributed by atoms with van der Waals surface area (Å²) in [5.74, 6) is -0.357. The molecule has 0 saturated carbocycles. The monoisotopic (exact) mass is 283 g/mol. The van der Waals surface area contributed by atoms with E-state index in [2.05, 4.69) is 15.6 Å². The number of rotatable bonds is 2. The Morgan fingerprint density at radius 3 is 3.05 bits per heavy atom. The Hall–Kier alpha value is -2.43. The van der Waals surface area contributed by atoms with Crippen molar-refractivity contribution in [3.8, 4) is 0 Å². The van der Waals surface area contributed by atoms with E-state index in [0.29, 0.717) is 18.5 Å². The minimum Gasteiger partial charge on any atom is -0.354 e. The first-order chi connectivity index (χ1) is 10.2. The average molecular weight is 283 g/mol. The molecule has 1 saturated heterocycles. The van der Waals surface area contributed by atoms with Gasteiger partial charge < -0.3 is 10.6 Å². The molecule has 3 rings (SSSR count). The van der Waals surface area contributed by atoms with E-state index < -0.39 is 6.04 Å². The lowest BCUT2D eigenvalue weighted by Gasteiger charge is -2.15. The molecule has 1 atom stereocenters. The first kappa shape index (κ1) is 13.5. The van der Waals surface area contributed by atoms with Crippen LogP contribution in [0, 0.1) is 0 Å². The number of fused-ring (bicyclic) bond motifs is 1. The molecule has 0 bridgehead atoms. The van der Waals surface area contributed by atoms with Crippen LogP contribution in [0.4, 0.5) is 0 Å². The number of hydrogen-bond acceptors (Lipinski definition) is 3. The zero-order chi connectivity index (χ0) is 14.7. The number of hydrogen-bond donors (Lipinski definition) is 2. The van der Waals surface area contributed by atoms with Crippen LogP contribution in [0.25, 0.3) is 10.9 Å². The molecule has 21 heavy (non-hydrogen) atoms. The van der Waals surface area contributed by atoms with Gasteiger partial charge >= 0.3 is 0 Å². The highest BCUT2D eigenvalue weighted by molar-refractivity contribution is 5.99. The number of pyridine rings is 1. The SMILES string of the molecule is O=C(N[C@@H]1CCCCNC1=O)c1cnc2ccccc2c1. The fourth-order valence-corrected chi connectivity index (χ4v) is 2.51. The molecule has 108 valence electrons. The molecule has 2 aromatic rings. The third-order valence-corrected chi connectivity index (χ3v) is 3.69. The van der Waals surface area contributed by atoms with Gasteiger partial charge in [-0.2, -0.15) is 0 Å². The van der Waals surface area contributed by atoms with E-state index >= 15 is 0 Å². The summed E-state index contributed by atoms with van der Waals surface area (Å²) in [7, 11) is 0. The number of aromatic nitrogens is 1. The first-order valence-corrected chi connectivity index (χ1v) is 7.17. The summed E-state index contributed by atoms with van der Waals surface area (Å²) in [4.78, 5) is 28.4. The van der Waals surface area contributed by atoms with Crippen LogP contribution in [0.3, 0.4) is 0 Å². The minimum absolute atomic E-state index is 0.102. The first-order valence-electron chi connectivity index (χ1n) is 7.17. The molecule has 1 aliphatic rings. The second kappa shape index (κ2) is 5.91. The van der Waals surface area contributed by atoms with Gasteiger partial charge in [0.2, 0.25) is 5.91 Å². The molecule has 1 aliphatic heterocycles. The highest BCUT2D eigenvalue weighted by atomic mass is 16.2. The van der Waals surface area contributed by atoms with Gasteiger partial charge in [0.05, 0.1) is 11.1 Å². The number of para-hydroxylation sites is 1. The number of carbonyl (C=O) groups excluding carboxylic acids is 2. The number of amides is 2. The highest BCUT2D eigenvalue weighted by Gasteiger charge is 2.22. The number of carbonyl (C=O) groups is 2. The molecule has 0 radical (unpaired) electrons.